The van der Waals surface area contributed by atoms with E-state index in [1.807, 2.05) is 0 Å². The number of ether oxygens (including phenoxy) is 1. The molecule has 1 saturated heterocycles. The van der Waals surface area contributed by atoms with Gasteiger partial charge in [0.2, 0.25) is 0 Å². The van der Waals surface area contributed by atoms with Gasteiger partial charge in [-0.25, -0.2) is 13.6 Å². The van der Waals surface area contributed by atoms with Crippen molar-refractivity contribution in [3.05, 3.63) is 82.5 Å². The summed E-state index contributed by atoms with van der Waals surface area (Å²) in [7, 11) is 0. The number of aliphatic hydroxyl groups excluding tert-OH is 1. The molecule has 4 rings (SSSR count). The predicted octanol–water partition coefficient (Wildman–Crippen LogP) is 4.38. The summed E-state index contributed by atoms with van der Waals surface area (Å²) in [6, 6.07) is 8.39. The predicted molar refractivity (Wildman–Crippen MR) is 101 cm³/mol. The van der Waals surface area contributed by atoms with Gasteiger partial charge < -0.3 is 14.4 Å². The van der Waals surface area contributed by atoms with Crippen molar-refractivity contribution in [1.29, 1.82) is 0 Å². The largest absolute Gasteiger partial charge is 0.462 e. The maximum Gasteiger partial charge on any atom is 0.333 e. The van der Waals surface area contributed by atoms with Crippen molar-refractivity contribution in [2.75, 3.05) is 6.61 Å². The molecule has 0 radical (unpaired) electrons. The molecule has 2 unspecified atom stereocenters. The normalized spacial score (nSPS) is 17.9. The van der Waals surface area contributed by atoms with Crippen LogP contribution in [0.1, 0.15) is 17.2 Å². The maximum atomic E-state index is 14.1. The van der Waals surface area contributed by atoms with Crippen molar-refractivity contribution < 1.29 is 23.4 Å². The van der Waals surface area contributed by atoms with E-state index in [2.05, 4.69) is 6.58 Å². The monoisotopic (exact) mass is 403 g/mol. The summed E-state index contributed by atoms with van der Waals surface area (Å²) in [5.74, 6) is -2.18. The van der Waals surface area contributed by atoms with Crippen molar-refractivity contribution in [3.8, 4) is 0 Å². The van der Waals surface area contributed by atoms with E-state index in [-0.39, 0.29) is 24.3 Å². The van der Waals surface area contributed by atoms with Crippen LogP contribution in [0.4, 0.5) is 8.78 Å². The van der Waals surface area contributed by atoms with E-state index in [0.29, 0.717) is 21.5 Å². The molecule has 1 aliphatic rings. The van der Waals surface area contributed by atoms with Gasteiger partial charge in [-0.15, -0.1) is 0 Å². The Morgan fingerprint density at radius 2 is 2.07 bits per heavy atom. The molecule has 0 amide bonds. The van der Waals surface area contributed by atoms with Crippen LogP contribution in [-0.2, 0) is 16.1 Å². The van der Waals surface area contributed by atoms with Gasteiger partial charge in [0.05, 0.1) is 18.6 Å². The minimum Gasteiger partial charge on any atom is -0.462 e. The van der Waals surface area contributed by atoms with Crippen molar-refractivity contribution in [1.82, 2.24) is 4.57 Å². The number of carbonyl (C=O) groups is 1. The van der Waals surface area contributed by atoms with E-state index >= 15 is 0 Å². The van der Waals surface area contributed by atoms with Gasteiger partial charge in [0.15, 0.2) is 0 Å². The number of esters is 1. The molecule has 144 valence electrons. The number of halogens is 3. The van der Waals surface area contributed by atoms with Crippen molar-refractivity contribution in [2.24, 2.45) is 5.92 Å². The number of aliphatic hydroxyl groups is 1. The molecule has 7 heteroatoms. The van der Waals surface area contributed by atoms with E-state index < -0.39 is 29.6 Å². The lowest BCUT2D eigenvalue weighted by Gasteiger charge is -2.15. The number of hydrogen-bond acceptors (Lipinski definition) is 3. The minimum atomic E-state index is -1.06. The van der Waals surface area contributed by atoms with Crippen LogP contribution in [0.5, 0.6) is 0 Å². The lowest BCUT2D eigenvalue weighted by Crippen LogP contribution is -2.14. The van der Waals surface area contributed by atoms with E-state index in [1.54, 1.807) is 29.0 Å². The smallest absolute Gasteiger partial charge is 0.333 e. The molecule has 1 aliphatic heterocycles. The first-order valence-corrected chi connectivity index (χ1v) is 8.99. The highest BCUT2D eigenvalue weighted by molar-refractivity contribution is 6.31. The van der Waals surface area contributed by atoms with Gasteiger partial charge in [-0.05, 0) is 36.4 Å². The van der Waals surface area contributed by atoms with Crippen LogP contribution in [0.25, 0.3) is 10.9 Å². The second-order valence-corrected chi connectivity index (χ2v) is 7.22. The van der Waals surface area contributed by atoms with E-state index in [1.165, 1.54) is 0 Å². The fraction of sp³-hybridized carbons (Fsp3) is 0.190. The number of benzene rings is 2. The van der Waals surface area contributed by atoms with Gasteiger partial charge in [0.25, 0.3) is 0 Å². The quantitative estimate of drug-likeness (QED) is 0.519. The highest BCUT2D eigenvalue weighted by Crippen LogP contribution is 2.37. The van der Waals surface area contributed by atoms with Crippen LogP contribution in [0.15, 0.2) is 54.7 Å². The molecule has 3 aromatic rings. The summed E-state index contributed by atoms with van der Waals surface area (Å²) < 4.78 is 34.3. The third-order valence-electron chi connectivity index (χ3n) is 5.03. The standard InChI is InChI=1S/C21H16ClF2NO3/c1-11-17(10-28-21(11)27)20(26)16-9-25(19-5-2-13(22)7-15(16)19)8-12-6-14(23)3-4-18(12)24/h2-7,9,17,20,26H,1,8,10H2. The topological polar surface area (TPSA) is 51.5 Å². The second kappa shape index (κ2) is 7.04. The highest BCUT2D eigenvalue weighted by atomic mass is 35.5. The van der Waals surface area contributed by atoms with Crippen LogP contribution < -0.4 is 0 Å². The van der Waals surface area contributed by atoms with Crippen molar-refractivity contribution in [3.63, 3.8) is 0 Å². The Bertz CT molecular complexity index is 1110. The Morgan fingerprint density at radius 1 is 1.29 bits per heavy atom. The van der Waals surface area contributed by atoms with Crippen LogP contribution in [0.2, 0.25) is 5.02 Å². The number of fused-ring (bicyclic) bond motifs is 1. The Morgan fingerprint density at radius 3 is 2.79 bits per heavy atom. The lowest BCUT2D eigenvalue weighted by atomic mass is 9.92. The SMILES string of the molecule is C=C1C(=O)OCC1C(O)c1cn(Cc2cc(F)ccc2F)c2ccc(Cl)cc12. The number of carbonyl (C=O) groups excluding carboxylic acids is 1. The van der Waals surface area contributed by atoms with E-state index in [9.17, 15) is 18.7 Å². The Labute approximate surface area is 164 Å². The van der Waals surface area contributed by atoms with E-state index in [4.69, 9.17) is 16.3 Å². The molecule has 2 heterocycles. The van der Waals surface area contributed by atoms with Crippen molar-refractivity contribution in [2.45, 2.75) is 12.6 Å². The van der Waals surface area contributed by atoms with Gasteiger partial charge in [0.1, 0.15) is 18.2 Å². The third-order valence-corrected chi connectivity index (χ3v) is 5.26. The van der Waals surface area contributed by atoms with Crippen LogP contribution >= 0.6 is 11.6 Å². The molecule has 2 atom stereocenters. The Hall–Kier alpha value is -2.70. The number of nitrogens with zero attached hydrogens (tertiary/aromatic N) is 1. The van der Waals surface area contributed by atoms with E-state index in [0.717, 1.165) is 18.2 Å². The van der Waals surface area contributed by atoms with Crippen LogP contribution in [-0.4, -0.2) is 22.2 Å². The third kappa shape index (κ3) is 3.19. The number of cyclic esters (lactones) is 1. The average Bonchev–Trinajstić information content (AvgIpc) is 3.18. The highest BCUT2D eigenvalue weighted by Gasteiger charge is 2.36. The number of aromatic nitrogens is 1. The number of rotatable bonds is 4. The molecule has 2 aromatic carbocycles. The summed E-state index contributed by atoms with van der Waals surface area (Å²) in [6.45, 7) is 3.80. The molecule has 1 fully saturated rings. The first-order valence-electron chi connectivity index (χ1n) is 8.61. The molecular weight excluding hydrogens is 388 g/mol. The molecule has 0 saturated carbocycles. The second-order valence-electron chi connectivity index (χ2n) is 6.78. The van der Waals surface area contributed by atoms with Crippen molar-refractivity contribution >= 4 is 28.5 Å². The summed E-state index contributed by atoms with van der Waals surface area (Å²) in [5.41, 5.74) is 1.58. The first kappa shape index (κ1) is 18.7. The van der Waals surface area contributed by atoms with Gasteiger partial charge in [0, 0.05) is 38.8 Å². The molecule has 1 N–H and O–H groups in total. The van der Waals surface area contributed by atoms with Gasteiger partial charge in [-0.2, -0.15) is 0 Å². The lowest BCUT2D eigenvalue weighted by molar-refractivity contribution is -0.135. The molecule has 0 bridgehead atoms. The molecule has 0 aliphatic carbocycles. The zero-order valence-corrected chi connectivity index (χ0v) is 15.4. The summed E-state index contributed by atoms with van der Waals surface area (Å²) in [4.78, 5) is 11.6. The van der Waals surface area contributed by atoms with Gasteiger partial charge >= 0.3 is 5.97 Å². The van der Waals surface area contributed by atoms with Gasteiger partial charge in [-0.3, -0.25) is 0 Å². The molecule has 0 spiro atoms. The van der Waals surface area contributed by atoms with Crippen LogP contribution in [0, 0.1) is 17.6 Å². The first-order chi connectivity index (χ1) is 13.3. The Kier molecular flexibility index (Phi) is 4.69. The summed E-state index contributed by atoms with van der Waals surface area (Å²) >= 11 is 6.13. The fourth-order valence-electron chi connectivity index (χ4n) is 3.52. The molecule has 4 nitrogen and oxygen atoms in total. The molecular formula is C21H16ClF2NO3. The van der Waals surface area contributed by atoms with Crippen LogP contribution in [0.3, 0.4) is 0 Å². The zero-order valence-electron chi connectivity index (χ0n) is 14.7. The summed E-state index contributed by atoms with van der Waals surface area (Å²) in [6.07, 6.45) is 0.602. The fourth-order valence-corrected chi connectivity index (χ4v) is 3.69. The Balaban J connectivity index is 1.79. The molecule has 28 heavy (non-hydrogen) atoms. The van der Waals surface area contributed by atoms with Gasteiger partial charge in [-0.1, -0.05) is 18.2 Å². The maximum absolute atomic E-state index is 14.1. The number of hydrogen-bond donors (Lipinski definition) is 1. The zero-order chi connectivity index (χ0) is 20.0. The summed E-state index contributed by atoms with van der Waals surface area (Å²) in [5, 5.41) is 12.0. The average molecular weight is 404 g/mol. The minimum absolute atomic E-state index is 0.0323. The molecule has 1 aromatic heterocycles.